The summed E-state index contributed by atoms with van der Waals surface area (Å²) in [5.41, 5.74) is 2.07. The lowest BCUT2D eigenvalue weighted by Gasteiger charge is -2.10. The number of aromatic nitrogens is 3. The van der Waals surface area contributed by atoms with E-state index in [4.69, 9.17) is 9.05 Å². The van der Waals surface area contributed by atoms with E-state index in [1.54, 1.807) is 0 Å². The van der Waals surface area contributed by atoms with Crippen LogP contribution in [0.4, 0.5) is 0 Å². The minimum Gasteiger partial charge on any atom is -0.361 e. The second-order valence-corrected chi connectivity index (χ2v) is 6.31. The molecule has 2 aromatic rings. The fourth-order valence-electron chi connectivity index (χ4n) is 2.51. The molecule has 2 aromatic heterocycles. The summed E-state index contributed by atoms with van der Waals surface area (Å²) in [7, 11) is 0. The number of hydrogen-bond acceptors (Lipinski definition) is 6. The number of nitrogens with zero attached hydrogens (tertiary/aromatic N) is 4. The number of aryl methyl sites for hydroxylation is 2. The van der Waals surface area contributed by atoms with Gasteiger partial charge in [0.05, 0.1) is 12.2 Å². The summed E-state index contributed by atoms with van der Waals surface area (Å²) < 4.78 is 10.7. The summed E-state index contributed by atoms with van der Waals surface area (Å²) in [5.74, 6) is 3.31. The van der Waals surface area contributed by atoms with Crippen LogP contribution in [0.15, 0.2) is 14.0 Å². The molecule has 0 bridgehead atoms. The Morgan fingerprint density at radius 3 is 2.50 bits per heavy atom. The van der Waals surface area contributed by atoms with E-state index in [0.29, 0.717) is 25.4 Å². The first-order valence-corrected chi connectivity index (χ1v) is 9.39. The Hall–Kier alpha value is -2.38. The van der Waals surface area contributed by atoms with Crippen molar-refractivity contribution in [2.24, 2.45) is 4.99 Å². The molecule has 0 radical (unpaired) electrons. The van der Waals surface area contributed by atoms with Crippen molar-refractivity contribution in [3.05, 3.63) is 28.7 Å². The third kappa shape index (κ3) is 5.31. The van der Waals surface area contributed by atoms with E-state index in [1.807, 2.05) is 20.8 Å². The minimum atomic E-state index is 0.267. The number of hydrogen-bond donors (Lipinski definition) is 2. The molecule has 2 N–H and O–H groups in total. The third-order valence-corrected chi connectivity index (χ3v) is 3.98. The molecule has 0 fully saturated rings. The maximum Gasteiger partial charge on any atom is 0.228 e. The van der Waals surface area contributed by atoms with Crippen LogP contribution in [0.25, 0.3) is 0 Å². The lowest BCUT2D eigenvalue weighted by Crippen LogP contribution is -2.38. The van der Waals surface area contributed by atoms with Crippen molar-refractivity contribution in [1.29, 1.82) is 0 Å². The maximum absolute atomic E-state index is 5.40. The quantitative estimate of drug-likeness (QED) is 0.522. The Kier molecular flexibility index (Phi) is 7.62. The molecular weight excluding hydrogens is 332 g/mol. The van der Waals surface area contributed by atoms with E-state index in [0.717, 1.165) is 48.2 Å². The lowest BCUT2D eigenvalue weighted by molar-refractivity contribution is 0.371. The summed E-state index contributed by atoms with van der Waals surface area (Å²) in [6.07, 6.45) is 2.31. The highest BCUT2D eigenvalue weighted by atomic mass is 16.5. The summed E-state index contributed by atoms with van der Waals surface area (Å²) in [6.45, 7) is 12.3. The minimum absolute atomic E-state index is 0.267. The lowest BCUT2D eigenvalue weighted by atomic mass is 10.1. The summed E-state index contributed by atoms with van der Waals surface area (Å²) in [4.78, 5) is 9.05. The van der Waals surface area contributed by atoms with Crippen LogP contribution < -0.4 is 10.6 Å². The molecule has 8 nitrogen and oxygen atoms in total. The van der Waals surface area contributed by atoms with Crippen LogP contribution in [-0.4, -0.2) is 34.3 Å². The predicted octanol–water partition coefficient (Wildman–Crippen LogP) is 2.60. The van der Waals surface area contributed by atoms with Gasteiger partial charge in [-0.05, 0) is 13.3 Å². The Morgan fingerprint density at radius 1 is 1.08 bits per heavy atom. The van der Waals surface area contributed by atoms with Crippen LogP contribution in [0.2, 0.25) is 0 Å². The molecule has 0 aromatic carbocycles. The van der Waals surface area contributed by atoms with Crippen LogP contribution in [-0.2, 0) is 25.8 Å². The first kappa shape index (κ1) is 19.9. The fraction of sp³-hybridized carbons (Fsp3) is 0.667. The molecule has 0 unspecified atom stereocenters. The molecule has 0 aliphatic carbocycles. The monoisotopic (exact) mass is 362 g/mol. The third-order valence-electron chi connectivity index (χ3n) is 3.98. The van der Waals surface area contributed by atoms with Crippen LogP contribution in [0, 0.1) is 0 Å². The van der Waals surface area contributed by atoms with Crippen molar-refractivity contribution in [2.75, 3.05) is 13.1 Å². The zero-order chi connectivity index (χ0) is 18.9. The van der Waals surface area contributed by atoms with Crippen molar-refractivity contribution in [3.8, 4) is 0 Å². The first-order chi connectivity index (χ1) is 12.6. The van der Waals surface area contributed by atoms with Gasteiger partial charge in [-0.2, -0.15) is 4.98 Å². The molecule has 8 heteroatoms. The zero-order valence-corrected chi connectivity index (χ0v) is 16.4. The van der Waals surface area contributed by atoms with Gasteiger partial charge >= 0.3 is 0 Å². The number of aliphatic imine (C=N–C) groups is 1. The van der Waals surface area contributed by atoms with E-state index >= 15 is 0 Å². The Bertz CT molecular complexity index is 683. The molecule has 0 atom stereocenters. The SMILES string of the molecule is CCNC(=NCc1c(CC)noc1CC)NCCc1nc(C(C)C)no1. The molecular formula is C18H30N6O2. The van der Waals surface area contributed by atoms with E-state index in [-0.39, 0.29) is 5.92 Å². The van der Waals surface area contributed by atoms with Crippen LogP contribution in [0.3, 0.4) is 0 Å². The van der Waals surface area contributed by atoms with Gasteiger partial charge in [0.2, 0.25) is 5.89 Å². The van der Waals surface area contributed by atoms with E-state index < -0.39 is 0 Å². The molecule has 0 aliphatic rings. The van der Waals surface area contributed by atoms with E-state index in [1.165, 1.54) is 0 Å². The van der Waals surface area contributed by atoms with Crippen LogP contribution in [0.5, 0.6) is 0 Å². The molecule has 2 rings (SSSR count). The van der Waals surface area contributed by atoms with E-state index in [2.05, 4.69) is 44.8 Å². The van der Waals surface area contributed by atoms with Gasteiger partial charge in [0, 0.05) is 37.4 Å². The second kappa shape index (κ2) is 9.94. The van der Waals surface area contributed by atoms with Gasteiger partial charge in [-0.15, -0.1) is 0 Å². The molecule has 0 spiro atoms. The van der Waals surface area contributed by atoms with E-state index in [9.17, 15) is 0 Å². The Balaban J connectivity index is 1.95. The van der Waals surface area contributed by atoms with Crippen molar-refractivity contribution in [3.63, 3.8) is 0 Å². The Labute approximate surface area is 154 Å². The van der Waals surface area contributed by atoms with Crippen molar-refractivity contribution in [2.45, 2.75) is 66.3 Å². The smallest absolute Gasteiger partial charge is 0.228 e. The summed E-state index contributed by atoms with van der Waals surface area (Å²) in [6, 6.07) is 0. The highest BCUT2D eigenvalue weighted by Crippen LogP contribution is 2.16. The van der Waals surface area contributed by atoms with Gasteiger partial charge < -0.3 is 19.7 Å². The standard InChI is InChI=1S/C18H30N6O2/c1-6-14-13(15(7-2)25-23-14)11-21-18(19-8-3)20-10-9-16-22-17(12(4)5)24-26-16/h12H,6-11H2,1-5H3,(H2,19,20,21). The number of rotatable bonds is 9. The van der Waals surface area contributed by atoms with Crippen molar-refractivity contribution < 1.29 is 9.05 Å². The van der Waals surface area contributed by atoms with Gasteiger partial charge in [0.25, 0.3) is 0 Å². The van der Waals surface area contributed by atoms with Gasteiger partial charge in [-0.3, -0.25) is 0 Å². The molecule has 0 aliphatic heterocycles. The average Bonchev–Trinajstić information content (AvgIpc) is 3.26. The zero-order valence-electron chi connectivity index (χ0n) is 16.4. The molecule has 144 valence electrons. The normalized spacial score (nSPS) is 12.0. The van der Waals surface area contributed by atoms with Gasteiger partial charge in [-0.25, -0.2) is 4.99 Å². The van der Waals surface area contributed by atoms with Gasteiger partial charge in [0.15, 0.2) is 11.8 Å². The molecule has 0 saturated carbocycles. The van der Waals surface area contributed by atoms with Gasteiger partial charge in [0.1, 0.15) is 5.76 Å². The highest BCUT2D eigenvalue weighted by molar-refractivity contribution is 5.79. The number of guanidine groups is 1. The topological polar surface area (TPSA) is 101 Å². The summed E-state index contributed by atoms with van der Waals surface area (Å²) in [5, 5.41) is 14.7. The second-order valence-electron chi connectivity index (χ2n) is 6.31. The maximum atomic E-state index is 5.40. The average molecular weight is 362 g/mol. The molecule has 0 amide bonds. The largest absolute Gasteiger partial charge is 0.361 e. The predicted molar refractivity (Wildman–Crippen MR) is 100 cm³/mol. The highest BCUT2D eigenvalue weighted by Gasteiger charge is 2.13. The van der Waals surface area contributed by atoms with Crippen molar-refractivity contribution >= 4 is 5.96 Å². The molecule has 26 heavy (non-hydrogen) atoms. The van der Waals surface area contributed by atoms with Crippen LogP contribution >= 0.6 is 0 Å². The van der Waals surface area contributed by atoms with Crippen molar-refractivity contribution in [1.82, 2.24) is 25.9 Å². The number of nitrogens with one attached hydrogen (secondary N) is 2. The molecule has 0 saturated heterocycles. The van der Waals surface area contributed by atoms with Crippen LogP contribution in [0.1, 0.15) is 69.3 Å². The molecule has 2 heterocycles. The Morgan fingerprint density at radius 2 is 1.88 bits per heavy atom. The fourth-order valence-corrected chi connectivity index (χ4v) is 2.51. The first-order valence-electron chi connectivity index (χ1n) is 9.39. The summed E-state index contributed by atoms with van der Waals surface area (Å²) >= 11 is 0. The van der Waals surface area contributed by atoms with Gasteiger partial charge in [-0.1, -0.05) is 38.0 Å².